The van der Waals surface area contributed by atoms with Gasteiger partial charge in [0.15, 0.2) is 0 Å². The van der Waals surface area contributed by atoms with Crippen LogP contribution in [0.1, 0.15) is 19.3 Å². The number of aliphatic hydroxyl groups excluding tert-OH is 1. The molecule has 4 nitrogen and oxygen atoms in total. The van der Waals surface area contributed by atoms with Gasteiger partial charge in [-0.15, -0.1) is 0 Å². The molecule has 0 aromatic heterocycles. The van der Waals surface area contributed by atoms with E-state index in [1.807, 2.05) is 0 Å². The second kappa shape index (κ2) is 3.27. The molecular formula is C9H16N2O2. The van der Waals surface area contributed by atoms with Gasteiger partial charge < -0.3 is 15.7 Å². The number of carbonyl (C=O) groups is 1. The molecule has 13 heavy (non-hydrogen) atoms. The van der Waals surface area contributed by atoms with Crippen LogP contribution in [0, 0.1) is 5.92 Å². The lowest BCUT2D eigenvalue weighted by atomic mass is 10.2. The van der Waals surface area contributed by atoms with Crippen molar-refractivity contribution in [3.05, 3.63) is 0 Å². The molecular weight excluding hydrogens is 168 g/mol. The number of rotatable bonds is 2. The molecule has 2 fully saturated rings. The highest BCUT2D eigenvalue weighted by atomic mass is 16.3. The number of aliphatic hydroxyl groups is 1. The van der Waals surface area contributed by atoms with Gasteiger partial charge in [0.05, 0.1) is 18.6 Å². The van der Waals surface area contributed by atoms with E-state index in [0.29, 0.717) is 0 Å². The van der Waals surface area contributed by atoms with Crippen LogP contribution in [0.15, 0.2) is 0 Å². The highest BCUT2D eigenvalue weighted by Crippen LogP contribution is 2.32. The van der Waals surface area contributed by atoms with E-state index in [2.05, 4.69) is 0 Å². The summed E-state index contributed by atoms with van der Waals surface area (Å²) in [5.41, 5.74) is 5.61. The van der Waals surface area contributed by atoms with Gasteiger partial charge in [0, 0.05) is 12.6 Å². The summed E-state index contributed by atoms with van der Waals surface area (Å²) >= 11 is 0. The topological polar surface area (TPSA) is 66.6 Å². The molecule has 0 aromatic rings. The molecule has 1 saturated carbocycles. The summed E-state index contributed by atoms with van der Waals surface area (Å²) < 4.78 is 0. The molecule has 0 radical (unpaired) electrons. The van der Waals surface area contributed by atoms with Gasteiger partial charge in [0.25, 0.3) is 0 Å². The second-order valence-electron chi connectivity index (χ2n) is 4.02. The van der Waals surface area contributed by atoms with E-state index in [-0.39, 0.29) is 30.5 Å². The summed E-state index contributed by atoms with van der Waals surface area (Å²) in [7, 11) is 0. The summed E-state index contributed by atoms with van der Waals surface area (Å²) in [4.78, 5) is 13.5. The van der Waals surface area contributed by atoms with Gasteiger partial charge in [0.2, 0.25) is 5.91 Å². The van der Waals surface area contributed by atoms with Crippen molar-refractivity contribution in [2.75, 3.05) is 13.2 Å². The normalized spacial score (nSPS) is 38.0. The second-order valence-corrected chi connectivity index (χ2v) is 4.02. The quantitative estimate of drug-likeness (QED) is 0.597. The van der Waals surface area contributed by atoms with Crippen LogP contribution in [-0.2, 0) is 4.79 Å². The van der Waals surface area contributed by atoms with Crippen molar-refractivity contribution in [3.8, 4) is 0 Å². The molecule has 1 aliphatic carbocycles. The first kappa shape index (κ1) is 8.97. The standard InChI is InChI=1S/C9H16N2O2/c10-8-4-7(8)9(13)11-3-1-2-6(11)5-12/h6-8,12H,1-5,10H2. The molecule has 3 unspecified atom stereocenters. The Morgan fingerprint density at radius 2 is 2.31 bits per heavy atom. The Bertz CT molecular complexity index is 220. The summed E-state index contributed by atoms with van der Waals surface area (Å²) in [5, 5.41) is 9.03. The van der Waals surface area contributed by atoms with Gasteiger partial charge in [-0.2, -0.15) is 0 Å². The molecule has 74 valence electrons. The maximum atomic E-state index is 11.7. The molecule has 2 aliphatic rings. The van der Waals surface area contributed by atoms with Crippen molar-refractivity contribution < 1.29 is 9.90 Å². The lowest BCUT2D eigenvalue weighted by molar-refractivity contribution is -0.134. The van der Waals surface area contributed by atoms with Gasteiger partial charge in [0.1, 0.15) is 0 Å². The minimum absolute atomic E-state index is 0.0483. The zero-order valence-electron chi connectivity index (χ0n) is 7.65. The Labute approximate surface area is 77.7 Å². The largest absolute Gasteiger partial charge is 0.394 e. The number of amides is 1. The SMILES string of the molecule is NC1CC1C(=O)N1CCCC1CO. The number of hydrogen-bond acceptors (Lipinski definition) is 3. The van der Waals surface area contributed by atoms with Crippen molar-refractivity contribution in [2.45, 2.75) is 31.3 Å². The third kappa shape index (κ3) is 1.56. The van der Waals surface area contributed by atoms with Crippen molar-refractivity contribution in [1.29, 1.82) is 0 Å². The fourth-order valence-electron chi connectivity index (χ4n) is 2.03. The van der Waals surface area contributed by atoms with E-state index in [4.69, 9.17) is 10.8 Å². The van der Waals surface area contributed by atoms with E-state index in [0.717, 1.165) is 25.8 Å². The smallest absolute Gasteiger partial charge is 0.227 e. The molecule has 0 spiro atoms. The Balaban J connectivity index is 1.95. The van der Waals surface area contributed by atoms with Crippen LogP contribution in [-0.4, -0.2) is 41.1 Å². The molecule has 3 atom stereocenters. The van der Waals surface area contributed by atoms with E-state index in [9.17, 15) is 4.79 Å². The first-order valence-electron chi connectivity index (χ1n) is 4.91. The fourth-order valence-corrected chi connectivity index (χ4v) is 2.03. The highest BCUT2D eigenvalue weighted by molar-refractivity contribution is 5.83. The monoisotopic (exact) mass is 184 g/mol. The molecule has 1 amide bonds. The first-order chi connectivity index (χ1) is 6.24. The maximum absolute atomic E-state index is 11.7. The average molecular weight is 184 g/mol. The van der Waals surface area contributed by atoms with Crippen LogP contribution < -0.4 is 5.73 Å². The number of nitrogens with two attached hydrogens (primary N) is 1. The zero-order chi connectivity index (χ0) is 9.42. The van der Waals surface area contributed by atoms with Gasteiger partial charge >= 0.3 is 0 Å². The van der Waals surface area contributed by atoms with Crippen molar-refractivity contribution >= 4 is 5.91 Å². The summed E-state index contributed by atoms with van der Waals surface area (Å²) in [6.45, 7) is 0.890. The molecule has 1 heterocycles. The number of hydrogen-bond donors (Lipinski definition) is 2. The Morgan fingerprint density at radius 1 is 1.62 bits per heavy atom. The third-order valence-electron chi connectivity index (χ3n) is 3.03. The van der Waals surface area contributed by atoms with Crippen molar-refractivity contribution in [2.24, 2.45) is 11.7 Å². The minimum Gasteiger partial charge on any atom is -0.394 e. The Morgan fingerprint density at radius 3 is 2.85 bits per heavy atom. The Kier molecular flexibility index (Phi) is 2.26. The van der Waals surface area contributed by atoms with Crippen LogP contribution in [0.25, 0.3) is 0 Å². The lowest BCUT2D eigenvalue weighted by Gasteiger charge is -2.22. The molecule has 2 rings (SSSR count). The molecule has 1 aliphatic heterocycles. The van der Waals surface area contributed by atoms with E-state index in [1.54, 1.807) is 4.90 Å². The molecule has 0 aromatic carbocycles. The van der Waals surface area contributed by atoms with Crippen LogP contribution in [0.2, 0.25) is 0 Å². The number of carbonyl (C=O) groups excluding carboxylic acids is 1. The van der Waals surface area contributed by atoms with Crippen LogP contribution >= 0.6 is 0 Å². The van der Waals surface area contributed by atoms with Gasteiger partial charge in [-0.25, -0.2) is 0 Å². The summed E-state index contributed by atoms with van der Waals surface area (Å²) in [6.07, 6.45) is 2.77. The fraction of sp³-hybridized carbons (Fsp3) is 0.889. The highest BCUT2D eigenvalue weighted by Gasteiger charge is 2.44. The molecule has 0 bridgehead atoms. The van der Waals surface area contributed by atoms with Crippen LogP contribution in [0.5, 0.6) is 0 Å². The van der Waals surface area contributed by atoms with E-state index < -0.39 is 0 Å². The van der Waals surface area contributed by atoms with E-state index in [1.165, 1.54) is 0 Å². The van der Waals surface area contributed by atoms with Gasteiger partial charge in [-0.05, 0) is 19.3 Å². The number of likely N-dealkylation sites (tertiary alicyclic amines) is 1. The van der Waals surface area contributed by atoms with Crippen LogP contribution in [0.4, 0.5) is 0 Å². The summed E-state index contributed by atoms with van der Waals surface area (Å²) in [5.74, 6) is 0.205. The van der Waals surface area contributed by atoms with Gasteiger partial charge in [-0.3, -0.25) is 4.79 Å². The van der Waals surface area contributed by atoms with Gasteiger partial charge in [-0.1, -0.05) is 0 Å². The maximum Gasteiger partial charge on any atom is 0.227 e. The predicted molar refractivity (Wildman–Crippen MR) is 47.9 cm³/mol. The van der Waals surface area contributed by atoms with Crippen molar-refractivity contribution in [1.82, 2.24) is 4.90 Å². The van der Waals surface area contributed by atoms with Crippen LogP contribution in [0.3, 0.4) is 0 Å². The number of nitrogens with zero attached hydrogens (tertiary/aromatic N) is 1. The molecule has 3 N–H and O–H groups in total. The summed E-state index contributed by atoms with van der Waals surface area (Å²) in [6, 6.07) is 0.132. The molecule has 1 saturated heterocycles. The minimum atomic E-state index is 0.0483. The van der Waals surface area contributed by atoms with E-state index >= 15 is 0 Å². The first-order valence-corrected chi connectivity index (χ1v) is 4.91. The average Bonchev–Trinajstić information content (AvgIpc) is 2.70. The van der Waals surface area contributed by atoms with Crippen molar-refractivity contribution in [3.63, 3.8) is 0 Å². The molecule has 4 heteroatoms. The zero-order valence-corrected chi connectivity index (χ0v) is 7.65. The third-order valence-corrected chi connectivity index (χ3v) is 3.03. The predicted octanol–water partition coefficient (Wildman–Crippen LogP) is -0.683. The lowest BCUT2D eigenvalue weighted by Crippen LogP contribution is -2.39. The Hall–Kier alpha value is -0.610.